The van der Waals surface area contributed by atoms with E-state index in [-0.39, 0.29) is 44.6 Å². The lowest BCUT2D eigenvalue weighted by molar-refractivity contribution is 0.568. The van der Waals surface area contributed by atoms with Crippen LogP contribution in [-0.2, 0) is 37.9 Å². The fraction of sp³-hybridized carbons (Fsp3) is 0.262. The summed E-state index contributed by atoms with van der Waals surface area (Å²) in [5.41, 5.74) is 34.3. The molecule has 0 fully saturated rings. The largest absolute Gasteiger partial charge is 0.311 e. The zero-order chi connectivity index (χ0) is 79.7. The van der Waals surface area contributed by atoms with Crippen LogP contribution in [0.3, 0.4) is 0 Å². The Morgan fingerprint density at radius 2 is 0.619 bits per heavy atom. The molecule has 4 heterocycles. The van der Waals surface area contributed by atoms with Crippen molar-refractivity contribution in [3.63, 3.8) is 0 Å². The van der Waals surface area contributed by atoms with Crippen LogP contribution >= 0.6 is 0 Å². The van der Waals surface area contributed by atoms with Gasteiger partial charge in [-0.2, -0.15) is 5.26 Å². The minimum Gasteiger partial charge on any atom is -0.311 e. The van der Waals surface area contributed by atoms with E-state index in [1.807, 2.05) is 0 Å². The van der Waals surface area contributed by atoms with E-state index in [0.717, 1.165) is 112 Å². The highest BCUT2D eigenvalue weighted by Gasteiger charge is 2.45. The smallest absolute Gasteiger partial charge is 0.252 e. The van der Waals surface area contributed by atoms with Crippen molar-refractivity contribution in [1.82, 2.24) is 9.13 Å². The predicted octanol–water partition coefficient (Wildman–Crippen LogP) is 27.6. The van der Waals surface area contributed by atoms with Crippen molar-refractivity contribution in [2.45, 2.75) is 183 Å². The topological polar surface area (TPSA) is 40.1 Å². The molecule has 2 aliphatic rings. The van der Waals surface area contributed by atoms with E-state index in [1.165, 1.54) is 77.2 Å². The van der Waals surface area contributed by atoms with Crippen molar-refractivity contribution in [3.8, 4) is 62.0 Å². The monoisotopic (exact) mass is 1470 g/mol. The average Bonchev–Trinajstić information content (AvgIpc) is 1.13. The van der Waals surface area contributed by atoms with Gasteiger partial charge in [0.1, 0.15) is 6.07 Å². The molecule has 0 bridgehead atoms. The van der Waals surface area contributed by atoms with Crippen LogP contribution in [0.25, 0.3) is 99.5 Å². The first-order chi connectivity index (χ1) is 53.4. The van der Waals surface area contributed by atoms with Crippen molar-refractivity contribution < 1.29 is 0 Å². The number of fused-ring (bicyclic) bond motifs is 10. The summed E-state index contributed by atoms with van der Waals surface area (Å²) in [6.07, 6.45) is 0. The number of aromatic nitrogens is 2. The molecule has 0 spiro atoms. The molecule has 15 aromatic rings. The van der Waals surface area contributed by atoms with Crippen molar-refractivity contribution in [2.75, 3.05) is 9.80 Å². The van der Waals surface area contributed by atoms with Crippen LogP contribution in [-0.4, -0.2) is 15.8 Å². The molecule has 6 heteroatoms. The van der Waals surface area contributed by atoms with Crippen LogP contribution in [0.2, 0.25) is 0 Å². The van der Waals surface area contributed by atoms with E-state index in [1.54, 1.807) is 0 Å². The molecule has 0 radical (unpaired) electrons. The molecule has 0 saturated carbocycles. The number of nitriles is 1. The Hall–Kier alpha value is -11.4. The molecule has 0 atom stereocenters. The van der Waals surface area contributed by atoms with E-state index in [2.05, 4.69) is 431 Å². The first kappa shape index (κ1) is 74.4. The summed E-state index contributed by atoms with van der Waals surface area (Å²) < 4.78 is 4.86. The van der Waals surface area contributed by atoms with E-state index in [4.69, 9.17) is 0 Å². The lowest BCUT2D eigenvalue weighted by atomic mass is 9.33. The molecular weight excluding hydrogens is 1370 g/mol. The molecule has 17 rings (SSSR count). The summed E-state index contributed by atoms with van der Waals surface area (Å²) in [6.45, 7) is 48.8. The quantitative estimate of drug-likeness (QED) is 0.142. The third kappa shape index (κ3) is 13.1. The van der Waals surface area contributed by atoms with Gasteiger partial charge in [-0.15, -0.1) is 0 Å². The van der Waals surface area contributed by atoms with Crippen molar-refractivity contribution in [3.05, 3.63) is 305 Å². The van der Waals surface area contributed by atoms with Crippen LogP contribution in [0.4, 0.5) is 34.1 Å². The van der Waals surface area contributed by atoms with Crippen LogP contribution < -0.4 is 26.2 Å². The summed E-state index contributed by atoms with van der Waals surface area (Å²) in [4.78, 5) is 5.25. The highest BCUT2D eigenvalue weighted by atomic mass is 15.2. The molecule has 0 aliphatic carbocycles. The molecule has 13 aromatic carbocycles. The van der Waals surface area contributed by atoms with Crippen molar-refractivity contribution in [1.29, 1.82) is 5.26 Å². The number of rotatable bonds is 8. The second-order valence-corrected chi connectivity index (χ2v) is 39.6. The van der Waals surface area contributed by atoms with Crippen molar-refractivity contribution >= 4 is 101 Å². The highest BCUT2D eigenvalue weighted by Crippen LogP contribution is 2.52. The van der Waals surface area contributed by atoms with Crippen LogP contribution in [0.1, 0.15) is 190 Å². The molecule has 0 N–H and O–H groups in total. The van der Waals surface area contributed by atoms with Crippen LogP contribution in [0.15, 0.2) is 261 Å². The first-order valence-electron chi connectivity index (χ1n) is 40.7. The molecule has 562 valence electrons. The second-order valence-electron chi connectivity index (χ2n) is 39.6. The lowest BCUT2D eigenvalue weighted by Gasteiger charge is -2.45. The van der Waals surface area contributed by atoms with Gasteiger partial charge in [-0.05, 0) is 241 Å². The number of hydrogen-bond donors (Lipinski definition) is 0. The molecule has 2 aliphatic heterocycles. The minimum atomic E-state index is -0.274. The SMILES string of the molecule is CC(C)(C)c1cccc(-c2cc(-c3ccccc3)cc(N3c4cc(-c5cc(C(C)(C)C)cc(C(C)(C)C)c5)ccc4B4c5ccc(-n6c7ccc(C(C)(C)C)cc7c7cc(C(C)(C)C)ccc76)cc5N(c5ccc(C#N)c(-n6c7ccccc7c7ccccc76)c5)c5cc(-c6cc(C(C)(C)C)cc(C(C)(C)C)c6)cc3c54)c2)c1. The summed E-state index contributed by atoms with van der Waals surface area (Å²) in [5.74, 6) is 0. The maximum absolute atomic E-state index is 11.6. The van der Waals surface area contributed by atoms with Gasteiger partial charge in [-0.3, -0.25) is 0 Å². The van der Waals surface area contributed by atoms with Gasteiger partial charge >= 0.3 is 0 Å². The Morgan fingerprint density at radius 3 is 1.13 bits per heavy atom. The van der Waals surface area contributed by atoms with Gasteiger partial charge in [-0.25, -0.2) is 0 Å². The molecule has 0 unspecified atom stereocenters. The minimum absolute atomic E-state index is 0.0767. The van der Waals surface area contributed by atoms with Crippen molar-refractivity contribution in [2.24, 2.45) is 0 Å². The van der Waals surface area contributed by atoms with Crippen LogP contribution in [0, 0.1) is 11.3 Å². The summed E-state index contributed by atoms with van der Waals surface area (Å²) in [5, 5.41) is 16.4. The molecular formula is C107H106BN5. The first-order valence-corrected chi connectivity index (χ1v) is 40.7. The fourth-order valence-electron chi connectivity index (χ4n) is 17.6. The Balaban J connectivity index is 1.04. The Morgan fingerprint density at radius 1 is 0.239 bits per heavy atom. The molecule has 0 amide bonds. The molecule has 0 saturated heterocycles. The van der Waals surface area contributed by atoms with Gasteiger partial charge in [0.15, 0.2) is 0 Å². The van der Waals surface area contributed by atoms with E-state index in [0.29, 0.717) is 5.56 Å². The number of nitrogens with zero attached hydrogens (tertiary/aromatic N) is 5. The average molecular weight is 1470 g/mol. The third-order valence-corrected chi connectivity index (χ3v) is 24.3. The molecule has 2 aromatic heterocycles. The summed E-state index contributed by atoms with van der Waals surface area (Å²) in [7, 11) is 0. The standard InChI is InChI=1S/C107H106BN5/c1-101(2,3)75-33-29-32-67(49-75)71-48-70(66-30-23-22-24-31-66)54-84(55-71)112-96-56-68(72-50-78(104(10,11)12)59-79(51-72)105(13,14)15)39-44-89(96)108-90-45-43-83(110-93-46-40-76(102(4,5)6)61-87(93)88-62-77(103(7,8)9)41-47-94(88)110)64-97(90)111(98-57-74(58-99(112)100(98)108)73-52-80(106(16,17)18)60-81(53-73)107(19,20)21)82-42-38-69(65-109)95(63-82)113-91-36-27-25-34-85(91)86-35-26-28-37-92(86)113/h22-64H,1-21H3. The maximum atomic E-state index is 11.6. The molecule has 113 heavy (non-hydrogen) atoms. The van der Waals surface area contributed by atoms with E-state index < -0.39 is 0 Å². The maximum Gasteiger partial charge on any atom is 0.252 e. The normalized spacial score (nSPS) is 13.5. The predicted molar refractivity (Wildman–Crippen MR) is 487 cm³/mol. The van der Waals surface area contributed by atoms with Gasteiger partial charge < -0.3 is 18.9 Å². The Kier molecular flexibility index (Phi) is 17.3. The number of para-hydroxylation sites is 2. The lowest BCUT2D eigenvalue weighted by Crippen LogP contribution is -2.61. The zero-order valence-electron chi connectivity index (χ0n) is 70.1. The van der Waals surface area contributed by atoms with E-state index in [9.17, 15) is 5.26 Å². The van der Waals surface area contributed by atoms with Gasteiger partial charge in [0.05, 0.1) is 33.3 Å². The highest BCUT2D eigenvalue weighted by molar-refractivity contribution is 7.00. The number of hydrogen-bond acceptors (Lipinski definition) is 3. The Labute approximate surface area is 671 Å². The number of anilines is 6. The van der Waals surface area contributed by atoms with Gasteiger partial charge in [0, 0.05) is 61.4 Å². The van der Waals surface area contributed by atoms with E-state index >= 15 is 0 Å². The summed E-state index contributed by atoms with van der Waals surface area (Å²) >= 11 is 0. The number of benzene rings is 13. The summed E-state index contributed by atoms with van der Waals surface area (Å²) in [6, 6.07) is 103. The fourth-order valence-corrected chi connectivity index (χ4v) is 17.6. The van der Waals surface area contributed by atoms with Gasteiger partial charge in [0.25, 0.3) is 6.71 Å². The van der Waals surface area contributed by atoms with Crippen LogP contribution in [0.5, 0.6) is 0 Å². The van der Waals surface area contributed by atoms with Gasteiger partial charge in [0.2, 0.25) is 0 Å². The van der Waals surface area contributed by atoms with Gasteiger partial charge in [-0.1, -0.05) is 303 Å². The Bertz CT molecular complexity index is 6240. The zero-order valence-corrected chi connectivity index (χ0v) is 70.1. The second kappa shape index (κ2) is 26.4. The third-order valence-electron chi connectivity index (χ3n) is 24.3. The molecule has 5 nitrogen and oxygen atoms in total.